The van der Waals surface area contributed by atoms with Crippen LogP contribution in [0.4, 0.5) is 4.79 Å². The third kappa shape index (κ3) is 4.77. The van der Waals surface area contributed by atoms with Crippen LogP contribution in [-0.2, 0) is 14.3 Å². The minimum absolute atomic E-state index is 0.204. The van der Waals surface area contributed by atoms with Gasteiger partial charge in [0.2, 0.25) is 0 Å². The van der Waals surface area contributed by atoms with Crippen molar-refractivity contribution >= 4 is 50.9 Å². The summed E-state index contributed by atoms with van der Waals surface area (Å²) in [7, 11) is 1.20. The molecule has 7 nitrogen and oxygen atoms in total. The first-order valence-electron chi connectivity index (χ1n) is 8.38. The lowest BCUT2D eigenvalue weighted by atomic mass is 10.1. The van der Waals surface area contributed by atoms with Crippen molar-refractivity contribution in [2.24, 2.45) is 0 Å². The molecule has 0 bridgehead atoms. The molecule has 2 amide bonds. The maximum absolute atomic E-state index is 12.6. The molecule has 1 heterocycles. The monoisotopic (exact) mass is 469 g/mol. The van der Waals surface area contributed by atoms with Gasteiger partial charge in [-0.25, -0.2) is 4.79 Å². The summed E-state index contributed by atoms with van der Waals surface area (Å²) in [5, 5.41) is -0.524. The van der Waals surface area contributed by atoms with Gasteiger partial charge >= 0.3 is 5.97 Å². The average molecular weight is 470 g/mol. The van der Waals surface area contributed by atoms with E-state index in [0.29, 0.717) is 34.7 Å². The molecular formula is C19H20BrNO6S. The fourth-order valence-corrected chi connectivity index (χ4v) is 3.94. The number of thioether (sulfide) groups is 1. The third-order valence-electron chi connectivity index (χ3n) is 3.73. The van der Waals surface area contributed by atoms with Crippen molar-refractivity contribution in [1.29, 1.82) is 0 Å². The second kappa shape index (κ2) is 9.79. The lowest BCUT2D eigenvalue weighted by molar-refractivity contribution is -0.148. The number of carbonyl (C=O) groups is 3. The molecular weight excluding hydrogens is 450 g/mol. The van der Waals surface area contributed by atoms with Gasteiger partial charge < -0.3 is 14.2 Å². The molecule has 0 aliphatic carbocycles. The molecule has 1 fully saturated rings. The van der Waals surface area contributed by atoms with Crippen LogP contribution in [0.5, 0.6) is 11.5 Å². The van der Waals surface area contributed by atoms with Gasteiger partial charge in [0.25, 0.3) is 11.1 Å². The molecule has 1 aliphatic heterocycles. The van der Waals surface area contributed by atoms with Crippen LogP contribution < -0.4 is 9.47 Å². The van der Waals surface area contributed by atoms with E-state index < -0.39 is 23.2 Å². The Morgan fingerprint density at radius 3 is 2.68 bits per heavy atom. The summed E-state index contributed by atoms with van der Waals surface area (Å²) in [4.78, 5) is 37.6. The predicted molar refractivity (Wildman–Crippen MR) is 110 cm³/mol. The van der Waals surface area contributed by atoms with Gasteiger partial charge in [-0.3, -0.25) is 14.5 Å². The molecule has 1 atom stereocenters. The lowest BCUT2D eigenvalue weighted by Gasteiger charge is -2.18. The molecule has 1 aromatic carbocycles. The van der Waals surface area contributed by atoms with E-state index in [4.69, 9.17) is 9.47 Å². The minimum atomic E-state index is -0.996. The molecule has 0 radical (unpaired) electrons. The third-order valence-corrected chi connectivity index (χ3v) is 5.20. The Bertz CT molecular complexity index is 838. The van der Waals surface area contributed by atoms with Crippen molar-refractivity contribution in [2.75, 3.05) is 20.3 Å². The van der Waals surface area contributed by atoms with Crippen LogP contribution in [0.15, 0.2) is 34.2 Å². The lowest BCUT2D eigenvalue weighted by Crippen LogP contribution is -2.42. The van der Waals surface area contributed by atoms with Gasteiger partial charge in [0.15, 0.2) is 11.5 Å². The van der Waals surface area contributed by atoms with Crippen LogP contribution in [0.1, 0.15) is 19.4 Å². The van der Waals surface area contributed by atoms with Crippen LogP contribution in [-0.4, -0.2) is 48.4 Å². The van der Waals surface area contributed by atoms with Gasteiger partial charge in [-0.15, -0.1) is 0 Å². The number of amides is 2. The SMILES string of the molecule is C=CCOc1c(Br)cc(/C=C2/SC(=O)N([C@@H](C)C(=O)OC)C2=O)cc1OCC. The Morgan fingerprint density at radius 1 is 1.36 bits per heavy atom. The molecule has 0 N–H and O–H groups in total. The van der Waals surface area contributed by atoms with E-state index >= 15 is 0 Å². The number of methoxy groups -OCH3 is 1. The van der Waals surface area contributed by atoms with E-state index in [0.717, 1.165) is 16.7 Å². The highest BCUT2D eigenvalue weighted by Gasteiger charge is 2.41. The van der Waals surface area contributed by atoms with Gasteiger partial charge in [0.05, 0.1) is 23.1 Å². The summed E-state index contributed by atoms with van der Waals surface area (Å²) in [5.41, 5.74) is 0.637. The first-order chi connectivity index (χ1) is 13.3. The summed E-state index contributed by atoms with van der Waals surface area (Å²) in [6, 6.07) is 2.46. The normalized spacial score (nSPS) is 16.3. The summed E-state index contributed by atoms with van der Waals surface area (Å²) in [6.07, 6.45) is 3.19. The minimum Gasteiger partial charge on any atom is -0.490 e. The molecule has 0 aromatic heterocycles. The highest BCUT2D eigenvalue weighted by Crippen LogP contribution is 2.39. The molecule has 0 spiro atoms. The van der Waals surface area contributed by atoms with Crippen molar-refractivity contribution in [3.63, 3.8) is 0 Å². The number of rotatable bonds is 8. The number of benzene rings is 1. The molecule has 150 valence electrons. The molecule has 1 saturated heterocycles. The maximum atomic E-state index is 12.6. The second-order valence-corrected chi connectivity index (χ2v) is 7.46. The van der Waals surface area contributed by atoms with Crippen LogP contribution in [0.2, 0.25) is 0 Å². The van der Waals surface area contributed by atoms with Gasteiger partial charge in [0, 0.05) is 0 Å². The van der Waals surface area contributed by atoms with Crippen molar-refractivity contribution < 1.29 is 28.6 Å². The quantitative estimate of drug-likeness (QED) is 0.323. The first kappa shape index (κ1) is 22.0. The van der Waals surface area contributed by atoms with E-state index in [1.165, 1.54) is 14.0 Å². The molecule has 2 rings (SSSR count). The zero-order valence-corrected chi connectivity index (χ0v) is 18.1. The van der Waals surface area contributed by atoms with Crippen molar-refractivity contribution in [3.8, 4) is 11.5 Å². The van der Waals surface area contributed by atoms with Crippen LogP contribution in [0.3, 0.4) is 0 Å². The van der Waals surface area contributed by atoms with Crippen LogP contribution in [0, 0.1) is 0 Å². The number of carbonyl (C=O) groups excluding carboxylic acids is 3. The van der Waals surface area contributed by atoms with Gasteiger partial charge in [0.1, 0.15) is 12.6 Å². The highest BCUT2D eigenvalue weighted by atomic mass is 79.9. The predicted octanol–water partition coefficient (Wildman–Crippen LogP) is 4.01. The number of nitrogens with zero attached hydrogens (tertiary/aromatic N) is 1. The second-order valence-electron chi connectivity index (χ2n) is 5.61. The van der Waals surface area contributed by atoms with Crippen LogP contribution >= 0.6 is 27.7 Å². The first-order valence-corrected chi connectivity index (χ1v) is 9.99. The Labute approximate surface area is 175 Å². The summed E-state index contributed by atoms with van der Waals surface area (Å²) in [6.45, 7) is 7.64. The molecule has 1 aromatic rings. The van der Waals surface area contributed by atoms with Gasteiger partial charge in [-0.05, 0) is 65.3 Å². The number of hydrogen-bond acceptors (Lipinski definition) is 7. The summed E-state index contributed by atoms with van der Waals surface area (Å²) in [5.74, 6) is -0.193. The zero-order chi connectivity index (χ0) is 20.8. The van der Waals surface area contributed by atoms with E-state index in [-0.39, 0.29) is 4.91 Å². The maximum Gasteiger partial charge on any atom is 0.328 e. The molecule has 9 heteroatoms. The smallest absolute Gasteiger partial charge is 0.328 e. The van der Waals surface area contributed by atoms with E-state index in [2.05, 4.69) is 27.2 Å². The number of hydrogen-bond donors (Lipinski definition) is 0. The van der Waals surface area contributed by atoms with E-state index in [9.17, 15) is 14.4 Å². The summed E-state index contributed by atoms with van der Waals surface area (Å²) >= 11 is 4.21. The topological polar surface area (TPSA) is 82.1 Å². The van der Waals surface area contributed by atoms with Crippen LogP contribution in [0.25, 0.3) is 6.08 Å². The van der Waals surface area contributed by atoms with Gasteiger partial charge in [-0.1, -0.05) is 12.7 Å². The summed E-state index contributed by atoms with van der Waals surface area (Å²) < 4.78 is 16.5. The Kier molecular flexibility index (Phi) is 7.70. The fraction of sp³-hybridized carbons (Fsp3) is 0.316. The number of esters is 1. The number of ether oxygens (including phenoxy) is 3. The van der Waals surface area contributed by atoms with Gasteiger partial charge in [-0.2, -0.15) is 0 Å². The van der Waals surface area contributed by atoms with E-state index in [1.807, 2.05) is 6.92 Å². The largest absolute Gasteiger partial charge is 0.490 e. The van der Waals surface area contributed by atoms with Crippen molar-refractivity contribution in [2.45, 2.75) is 19.9 Å². The molecule has 0 saturated carbocycles. The standard InChI is InChI=1S/C19H20BrNO6S/c1-5-7-27-16-13(20)8-12(9-14(16)26-6-2)10-15-17(22)21(19(24)28-15)11(3)18(23)25-4/h5,8-11H,1,6-7H2,2-4H3/b15-10+/t11-/m0/s1. The Hall–Kier alpha value is -2.26. The average Bonchev–Trinajstić information content (AvgIpc) is 2.93. The van der Waals surface area contributed by atoms with E-state index in [1.54, 1.807) is 24.3 Å². The molecule has 28 heavy (non-hydrogen) atoms. The van der Waals surface area contributed by atoms with Crippen molar-refractivity contribution in [3.05, 3.63) is 39.7 Å². The Morgan fingerprint density at radius 2 is 2.07 bits per heavy atom. The number of halogens is 1. The zero-order valence-electron chi connectivity index (χ0n) is 15.7. The number of imide groups is 1. The molecule has 1 aliphatic rings. The van der Waals surface area contributed by atoms with Crippen molar-refractivity contribution in [1.82, 2.24) is 4.90 Å². The Balaban J connectivity index is 2.36. The highest BCUT2D eigenvalue weighted by molar-refractivity contribution is 9.10. The fourth-order valence-electron chi connectivity index (χ4n) is 2.46. The molecule has 0 unspecified atom stereocenters.